The van der Waals surface area contributed by atoms with Gasteiger partial charge < -0.3 is 4.74 Å². The first-order chi connectivity index (χ1) is 21.0. The van der Waals surface area contributed by atoms with Crippen LogP contribution in [0.25, 0.3) is 44.4 Å². The van der Waals surface area contributed by atoms with Crippen molar-refractivity contribution in [1.82, 2.24) is 19.3 Å². The number of aromatic nitrogens is 4. The lowest BCUT2D eigenvalue weighted by Crippen LogP contribution is -1.98. The Labute approximate surface area is 249 Å². The third kappa shape index (κ3) is 4.85. The van der Waals surface area contributed by atoms with E-state index in [-0.39, 0.29) is 5.82 Å². The van der Waals surface area contributed by atoms with E-state index >= 15 is 0 Å². The third-order valence-corrected chi connectivity index (χ3v) is 7.98. The number of halogens is 1. The normalized spacial score (nSPS) is 11.4. The van der Waals surface area contributed by atoms with Gasteiger partial charge in [0.2, 0.25) is 0 Å². The minimum absolute atomic E-state index is 0.332. The molecule has 0 aliphatic carbocycles. The summed E-state index contributed by atoms with van der Waals surface area (Å²) in [7, 11) is 0. The molecule has 0 atom stereocenters. The summed E-state index contributed by atoms with van der Waals surface area (Å²) in [5.41, 5.74) is 9.13. The predicted octanol–water partition coefficient (Wildman–Crippen LogP) is 9.40. The number of fused-ring (bicyclic) bond motifs is 3. The second kappa shape index (κ2) is 10.9. The molecule has 0 saturated heterocycles. The number of hydrogen-bond donors (Lipinski definition) is 0. The molecule has 0 amide bonds. The lowest BCUT2D eigenvalue weighted by molar-refractivity contribution is 0.483. The Hall–Kier alpha value is -5.23. The molecule has 7 aromatic rings. The van der Waals surface area contributed by atoms with Crippen molar-refractivity contribution >= 4 is 21.8 Å². The Morgan fingerprint density at radius 1 is 0.767 bits per heavy atom. The molecule has 3 aromatic heterocycles. The van der Waals surface area contributed by atoms with Gasteiger partial charge in [-0.15, -0.1) is 0 Å². The van der Waals surface area contributed by atoms with Crippen molar-refractivity contribution < 1.29 is 9.13 Å². The summed E-state index contributed by atoms with van der Waals surface area (Å²) in [5.74, 6) is 1.55. The van der Waals surface area contributed by atoms with E-state index in [1.165, 1.54) is 40.6 Å². The van der Waals surface area contributed by atoms with Crippen molar-refractivity contribution in [3.05, 3.63) is 132 Å². The highest BCUT2D eigenvalue weighted by Crippen LogP contribution is 2.36. The van der Waals surface area contributed by atoms with Crippen molar-refractivity contribution in [2.24, 2.45) is 0 Å². The molecule has 0 saturated carbocycles. The molecule has 0 N–H and O–H groups in total. The number of benzene rings is 4. The first-order valence-corrected chi connectivity index (χ1v) is 14.6. The van der Waals surface area contributed by atoms with Crippen LogP contribution in [0.3, 0.4) is 0 Å². The molecule has 0 fully saturated rings. The summed E-state index contributed by atoms with van der Waals surface area (Å²) in [4.78, 5) is 4.46. The van der Waals surface area contributed by atoms with Crippen molar-refractivity contribution in [2.45, 2.75) is 33.6 Å². The minimum atomic E-state index is -0.332. The van der Waals surface area contributed by atoms with Crippen LogP contribution >= 0.6 is 0 Å². The fraction of sp³-hybridized carbons (Fsp3) is 0.135. The van der Waals surface area contributed by atoms with E-state index in [2.05, 4.69) is 50.2 Å². The van der Waals surface area contributed by atoms with E-state index in [0.717, 1.165) is 45.9 Å². The van der Waals surface area contributed by atoms with Gasteiger partial charge in [0.15, 0.2) is 0 Å². The summed E-state index contributed by atoms with van der Waals surface area (Å²) in [6.07, 6.45) is 7.47. The number of aryl methyl sites for hydroxylation is 3. The highest BCUT2D eigenvalue weighted by molar-refractivity contribution is 6.09. The predicted molar refractivity (Wildman–Crippen MR) is 171 cm³/mol. The number of nitrogens with zero attached hydrogens (tertiary/aromatic N) is 4. The van der Waals surface area contributed by atoms with E-state index in [1.807, 2.05) is 76.1 Å². The average Bonchev–Trinajstić information content (AvgIpc) is 3.64. The molecular weight excluding hydrogens is 535 g/mol. The highest BCUT2D eigenvalue weighted by atomic mass is 19.1. The molecule has 3 heterocycles. The lowest BCUT2D eigenvalue weighted by atomic mass is 9.91. The molecular formula is C37H31FN4O. The van der Waals surface area contributed by atoms with Crippen LogP contribution in [0.2, 0.25) is 0 Å². The third-order valence-electron chi connectivity index (χ3n) is 7.98. The average molecular weight is 567 g/mol. The summed E-state index contributed by atoms with van der Waals surface area (Å²) >= 11 is 0. The van der Waals surface area contributed by atoms with Gasteiger partial charge in [-0.05, 0) is 72.9 Å². The number of ether oxygens (including phenoxy) is 1. The Balaban J connectivity index is 1.25. The first-order valence-electron chi connectivity index (χ1n) is 14.6. The molecule has 0 radical (unpaired) electrons. The van der Waals surface area contributed by atoms with Crippen molar-refractivity contribution in [2.75, 3.05) is 0 Å². The number of para-hydroxylation sites is 1. The maximum atomic E-state index is 14.2. The minimum Gasteiger partial charge on any atom is -0.457 e. The summed E-state index contributed by atoms with van der Waals surface area (Å²) in [6.45, 7) is 6.57. The molecule has 4 aromatic carbocycles. The van der Waals surface area contributed by atoms with Crippen LogP contribution in [0.15, 0.2) is 110 Å². The Kier molecular flexibility index (Phi) is 6.74. The molecule has 7 rings (SSSR count). The zero-order valence-corrected chi connectivity index (χ0v) is 24.4. The molecule has 0 aliphatic heterocycles. The lowest BCUT2D eigenvalue weighted by Gasteiger charge is -2.13. The van der Waals surface area contributed by atoms with Crippen LogP contribution in [-0.2, 0) is 12.8 Å². The van der Waals surface area contributed by atoms with Gasteiger partial charge in [0.05, 0.1) is 22.9 Å². The number of pyridine rings is 1. The van der Waals surface area contributed by atoms with E-state index in [9.17, 15) is 4.39 Å². The van der Waals surface area contributed by atoms with Gasteiger partial charge in [0.1, 0.15) is 23.1 Å². The van der Waals surface area contributed by atoms with Crippen molar-refractivity contribution in [3.63, 3.8) is 0 Å². The van der Waals surface area contributed by atoms with Crippen LogP contribution in [-0.4, -0.2) is 19.3 Å². The number of hydrogen-bond acceptors (Lipinski definition) is 3. The van der Waals surface area contributed by atoms with Crippen LogP contribution < -0.4 is 4.74 Å². The summed E-state index contributed by atoms with van der Waals surface area (Å²) in [6, 6.07) is 29.4. The molecule has 212 valence electrons. The monoisotopic (exact) mass is 566 g/mol. The summed E-state index contributed by atoms with van der Waals surface area (Å²) in [5, 5.41) is 6.83. The van der Waals surface area contributed by atoms with E-state index in [4.69, 9.17) is 9.84 Å². The van der Waals surface area contributed by atoms with Gasteiger partial charge in [-0.2, -0.15) is 5.10 Å². The molecule has 0 spiro atoms. The second-order valence-electron chi connectivity index (χ2n) is 10.8. The van der Waals surface area contributed by atoms with Crippen LogP contribution in [0, 0.1) is 12.7 Å². The van der Waals surface area contributed by atoms with Gasteiger partial charge in [-0.3, -0.25) is 4.57 Å². The van der Waals surface area contributed by atoms with E-state index in [0.29, 0.717) is 17.3 Å². The fourth-order valence-corrected chi connectivity index (χ4v) is 6.07. The van der Waals surface area contributed by atoms with Gasteiger partial charge >= 0.3 is 0 Å². The van der Waals surface area contributed by atoms with Crippen LogP contribution in [0.4, 0.5) is 4.39 Å². The van der Waals surface area contributed by atoms with E-state index in [1.54, 1.807) is 0 Å². The zero-order valence-electron chi connectivity index (χ0n) is 24.4. The SMILES string of the molecule is CCc1cc(C)cc(CC)c1-c1cnn(-c2cccc(Oc3ccc4c5ccccc5n(-c5cc(F)ccn5)c4c3)c2)c1. The van der Waals surface area contributed by atoms with Gasteiger partial charge in [-0.1, -0.05) is 55.8 Å². The maximum Gasteiger partial charge on any atom is 0.140 e. The van der Waals surface area contributed by atoms with E-state index < -0.39 is 0 Å². The molecule has 6 heteroatoms. The first kappa shape index (κ1) is 26.7. The quantitative estimate of drug-likeness (QED) is 0.193. The maximum absolute atomic E-state index is 14.2. The molecule has 0 aliphatic rings. The smallest absolute Gasteiger partial charge is 0.140 e. The van der Waals surface area contributed by atoms with Gasteiger partial charge in [0, 0.05) is 46.9 Å². The van der Waals surface area contributed by atoms with Gasteiger partial charge in [-0.25, -0.2) is 14.1 Å². The van der Waals surface area contributed by atoms with Crippen molar-refractivity contribution in [3.8, 4) is 34.1 Å². The second-order valence-corrected chi connectivity index (χ2v) is 10.8. The Bertz CT molecular complexity index is 2100. The largest absolute Gasteiger partial charge is 0.457 e. The van der Waals surface area contributed by atoms with Gasteiger partial charge in [0.25, 0.3) is 0 Å². The Morgan fingerprint density at radius 2 is 1.53 bits per heavy atom. The molecule has 0 unspecified atom stereocenters. The standard InChI is InChI=1S/C37H31FN4O/c1-4-25-17-24(3)18-26(5-2)37(25)27-22-40-41(23-27)29-9-8-10-30(20-29)43-31-13-14-33-32-11-6-7-12-34(32)42(35(33)21-31)36-19-28(38)15-16-39-36/h6-23H,4-5H2,1-3H3. The zero-order chi connectivity index (χ0) is 29.5. The molecule has 0 bridgehead atoms. The number of rotatable bonds is 7. The molecule has 43 heavy (non-hydrogen) atoms. The molecule has 5 nitrogen and oxygen atoms in total. The van der Waals surface area contributed by atoms with Crippen LogP contribution in [0.1, 0.15) is 30.5 Å². The topological polar surface area (TPSA) is 44.9 Å². The van der Waals surface area contributed by atoms with Crippen LogP contribution in [0.5, 0.6) is 11.5 Å². The van der Waals surface area contributed by atoms with Crippen molar-refractivity contribution in [1.29, 1.82) is 0 Å². The fourth-order valence-electron chi connectivity index (χ4n) is 6.07. The summed E-state index contributed by atoms with van der Waals surface area (Å²) < 4.78 is 24.5. The Morgan fingerprint density at radius 3 is 2.33 bits per heavy atom. The highest BCUT2D eigenvalue weighted by Gasteiger charge is 2.16.